The van der Waals surface area contributed by atoms with E-state index >= 15 is 0 Å². The fourth-order valence-corrected chi connectivity index (χ4v) is 4.42. The zero-order valence-electron chi connectivity index (χ0n) is 12.8. The Morgan fingerprint density at radius 2 is 1.70 bits per heavy atom. The first-order valence-corrected chi connectivity index (χ1v) is 9.63. The van der Waals surface area contributed by atoms with E-state index < -0.39 is 10.0 Å². The molecule has 0 atom stereocenters. The van der Waals surface area contributed by atoms with E-state index in [-0.39, 0.29) is 0 Å². The molecule has 1 aromatic carbocycles. The first-order chi connectivity index (χ1) is 11.0. The molecule has 0 saturated carbocycles. The van der Waals surface area contributed by atoms with E-state index in [0.717, 1.165) is 15.7 Å². The second-order valence-electron chi connectivity index (χ2n) is 5.51. The average molecular weight is 396 g/mol. The van der Waals surface area contributed by atoms with Crippen molar-refractivity contribution in [1.82, 2.24) is 9.29 Å². The third kappa shape index (κ3) is 3.41. The quantitative estimate of drug-likeness (QED) is 0.801. The number of sulfonamides is 1. The Hall–Kier alpha value is -1.44. The van der Waals surface area contributed by atoms with Crippen molar-refractivity contribution in [3.8, 4) is 0 Å². The maximum Gasteiger partial charge on any atom is 0.243 e. The Bertz CT molecular complexity index is 788. The van der Waals surface area contributed by atoms with E-state index in [2.05, 4.69) is 25.8 Å². The van der Waals surface area contributed by atoms with Gasteiger partial charge in [-0.1, -0.05) is 15.9 Å². The van der Waals surface area contributed by atoms with E-state index in [1.807, 2.05) is 19.1 Å². The van der Waals surface area contributed by atoms with Gasteiger partial charge in [-0.15, -0.1) is 0 Å². The molecule has 7 heteroatoms. The Kier molecular flexibility index (Phi) is 4.70. The van der Waals surface area contributed by atoms with Crippen LogP contribution in [0.15, 0.2) is 52.1 Å². The number of pyridine rings is 1. The van der Waals surface area contributed by atoms with Gasteiger partial charge in [0.2, 0.25) is 10.0 Å². The van der Waals surface area contributed by atoms with Gasteiger partial charge in [-0.25, -0.2) is 8.42 Å². The summed E-state index contributed by atoms with van der Waals surface area (Å²) in [5.74, 6) is 0. The number of rotatable bonds is 3. The zero-order valence-corrected chi connectivity index (χ0v) is 15.2. The summed E-state index contributed by atoms with van der Waals surface area (Å²) in [4.78, 5) is 6.55. The minimum atomic E-state index is -3.43. The number of halogens is 1. The molecule has 1 saturated heterocycles. The summed E-state index contributed by atoms with van der Waals surface area (Å²) in [6.07, 6.45) is 3.51. The van der Waals surface area contributed by atoms with Gasteiger partial charge in [0.1, 0.15) is 0 Å². The lowest BCUT2D eigenvalue weighted by atomic mass is 10.2. The Labute approximate surface area is 145 Å². The second-order valence-corrected chi connectivity index (χ2v) is 8.30. The fourth-order valence-electron chi connectivity index (χ4n) is 2.67. The van der Waals surface area contributed by atoms with Crippen molar-refractivity contribution in [2.24, 2.45) is 0 Å². The molecule has 1 aromatic heterocycles. The van der Waals surface area contributed by atoms with Crippen LogP contribution in [0.2, 0.25) is 0 Å². The molecule has 0 amide bonds. The lowest BCUT2D eigenvalue weighted by Gasteiger charge is -2.35. The highest BCUT2D eigenvalue weighted by Crippen LogP contribution is 2.24. The van der Waals surface area contributed by atoms with Crippen molar-refractivity contribution >= 4 is 31.6 Å². The number of aryl methyl sites for hydroxylation is 1. The summed E-state index contributed by atoms with van der Waals surface area (Å²) in [7, 11) is -3.43. The van der Waals surface area contributed by atoms with Crippen molar-refractivity contribution in [3.63, 3.8) is 0 Å². The summed E-state index contributed by atoms with van der Waals surface area (Å²) >= 11 is 3.41. The third-order valence-electron chi connectivity index (χ3n) is 4.03. The summed E-state index contributed by atoms with van der Waals surface area (Å²) in [5, 5.41) is 0. The van der Waals surface area contributed by atoms with Crippen LogP contribution < -0.4 is 4.90 Å². The second kappa shape index (κ2) is 6.59. The number of aromatic nitrogens is 1. The monoisotopic (exact) mass is 395 g/mol. The van der Waals surface area contributed by atoms with E-state index in [9.17, 15) is 8.42 Å². The molecular weight excluding hydrogens is 378 g/mol. The summed E-state index contributed by atoms with van der Waals surface area (Å²) < 4.78 is 28.0. The van der Waals surface area contributed by atoms with Crippen LogP contribution in [0.25, 0.3) is 0 Å². The summed E-state index contributed by atoms with van der Waals surface area (Å²) in [5.41, 5.74) is 2.00. The Morgan fingerprint density at radius 3 is 2.30 bits per heavy atom. The minimum Gasteiger partial charge on any atom is -0.369 e. The first kappa shape index (κ1) is 16.4. The third-order valence-corrected chi connectivity index (χ3v) is 6.82. The van der Waals surface area contributed by atoms with Gasteiger partial charge in [0, 0.05) is 48.7 Å². The zero-order chi connectivity index (χ0) is 16.4. The average Bonchev–Trinajstić information content (AvgIpc) is 2.58. The van der Waals surface area contributed by atoms with Crippen LogP contribution in [-0.4, -0.2) is 43.9 Å². The molecule has 0 aliphatic carbocycles. The van der Waals surface area contributed by atoms with Gasteiger partial charge in [0.05, 0.1) is 4.90 Å². The number of hydrogen-bond donors (Lipinski definition) is 0. The minimum absolute atomic E-state index is 0.357. The van der Waals surface area contributed by atoms with Crippen LogP contribution in [0.3, 0.4) is 0 Å². The molecule has 122 valence electrons. The molecule has 2 aromatic rings. The summed E-state index contributed by atoms with van der Waals surface area (Å²) in [6.45, 7) is 4.22. The number of nitrogens with zero attached hydrogens (tertiary/aromatic N) is 3. The highest BCUT2D eigenvalue weighted by Gasteiger charge is 2.28. The van der Waals surface area contributed by atoms with Crippen molar-refractivity contribution in [1.29, 1.82) is 0 Å². The van der Waals surface area contributed by atoms with Crippen molar-refractivity contribution in [2.45, 2.75) is 11.8 Å². The van der Waals surface area contributed by atoms with Gasteiger partial charge in [-0.05, 0) is 42.8 Å². The van der Waals surface area contributed by atoms with Gasteiger partial charge < -0.3 is 4.90 Å². The maximum atomic E-state index is 12.8. The molecule has 3 rings (SSSR count). The largest absolute Gasteiger partial charge is 0.369 e. The standard InChI is InChI=1S/C16H18BrN3O2S/c1-13-12-15(2-3-16(13)17)23(21,22)20-10-8-19(9-11-20)14-4-6-18-7-5-14/h2-7,12H,8-11H2,1H3. The molecule has 0 radical (unpaired) electrons. The molecule has 0 spiro atoms. The molecule has 5 nitrogen and oxygen atoms in total. The normalized spacial score (nSPS) is 16.5. The maximum absolute atomic E-state index is 12.8. The van der Waals surface area contributed by atoms with Crippen LogP contribution in [-0.2, 0) is 10.0 Å². The Balaban J connectivity index is 1.75. The van der Waals surface area contributed by atoms with Crippen molar-refractivity contribution in [2.75, 3.05) is 31.1 Å². The van der Waals surface area contributed by atoms with Gasteiger partial charge in [0.25, 0.3) is 0 Å². The van der Waals surface area contributed by atoms with Gasteiger partial charge in [-0.3, -0.25) is 4.98 Å². The molecule has 0 bridgehead atoms. The van der Waals surface area contributed by atoms with E-state index in [4.69, 9.17) is 0 Å². The predicted molar refractivity (Wildman–Crippen MR) is 94.1 cm³/mol. The van der Waals surface area contributed by atoms with Gasteiger partial charge in [-0.2, -0.15) is 4.31 Å². The molecule has 23 heavy (non-hydrogen) atoms. The summed E-state index contributed by atoms with van der Waals surface area (Å²) in [6, 6.07) is 9.05. The SMILES string of the molecule is Cc1cc(S(=O)(=O)N2CCN(c3ccncc3)CC2)ccc1Br. The van der Waals surface area contributed by atoms with Crippen LogP contribution in [0.5, 0.6) is 0 Å². The van der Waals surface area contributed by atoms with E-state index in [1.165, 1.54) is 0 Å². The lowest BCUT2D eigenvalue weighted by molar-refractivity contribution is 0.385. The van der Waals surface area contributed by atoms with Crippen LogP contribution in [0, 0.1) is 6.92 Å². The first-order valence-electron chi connectivity index (χ1n) is 7.40. The molecular formula is C16H18BrN3O2S. The van der Waals surface area contributed by atoms with E-state index in [1.54, 1.807) is 34.9 Å². The number of anilines is 1. The predicted octanol–water partition coefficient (Wildman–Crippen LogP) is 2.66. The number of hydrogen-bond acceptors (Lipinski definition) is 4. The topological polar surface area (TPSA) is 53.5 Å². The molecule has 1 aliphatic rings. The van der Waals surface area contributed by atoms with Crippen LogP contribution in [0.1, 0.15) is 5.56 Å². The number of piperazine rings is 1. The lowest BCUT2D eigenvalue weighted by Crippen LogP contribution is -2.48. The highest BCUT2D eigenvalue weighted by molar-refractivity contribution is 9.10. The van der Waals surface area contributed by atoms with E-state index in [0.29, 0.717) is 31.1 Å². The molecule has 1 fully saturated rings. The molecule has 2 heterocycles. The molecule has 1 aliphatic heterocycles. The highest BCUT2D eigenvalue weighted by atomic mass is 79.9. The smallest absolute Gasteiger partial charge is 0.243 e. The fraction of sp³-hybridized carbons (Fsp3) is 0.312. The van der Waals surface area contributed by atoms with Gasteiger partial charge in [0.15, 0.2) is 0 Å². The number of benzene rings is 1. The Morgan fingerprint density at radius 1 is 1.04 bits per heavy atom. The molecule has 0 N–H and O–H groups in total. The van der Waals surface area contributed by atoms with Crippen molar-refractivity contribution < 1.29 is 8.42 Å². The van der Waals surface area contributed by atoms with Crippen molar-refractivity contribution in [3.05, 3.63) is 52.8 Å². The van der Waals surface area contributed by atoms with Crippen LogP contribution in [0.4, 0.5) is 5.69 Å². The molecule has 0 unspecified atom stereocenters. The van der Waals surface area contributed by atoms with Crippen LogP contribution >= 0.6 is 15.9 Å². The van der Waals surface area contributed by atoms with Gasteiger partial charge >= 0.3 is 0 Å².